The van der Waals surface area contributed by atoms with Crippen LogP contribution in [0.25, 0.3) is 0 Å². The Hall–Kier alpha value is -0.710. The zero-order chi connectivity index (χ0) is 9.35. The number of piperidine rings is 1. The molecule has 1 saturated heterocycles. The van der Waals surface area contributed by atoms with Crippen molar-refractivity contribution in [3.63, 3.8) is 0 Å². The lowest BCUT2D eigenvalue weighted by atomic mass is 10.00. The Morgan fingerprint density at radius 1 is 1.67 bits per heavy atom. The smallest absolute Gasteiger partial charge is 0.260 e. The predicted molar refractivity (Wildman–Crippen MR) is 39.8 cm³/mol. The first-order chi connectivity index (χ1) is 5.42. The third kappa shape index (κ3) is 1.91. The van der Waals surface area contributed by atoms with Gasteiger partial charge in [-0.05, 0) is 13.5 Å². The number of amides is 1. The van der Waals surface area contributed by atoms with Gasteiger partial charge in [0, 0.05) is 6.42 Å². The second-order valence-corrected chi connectivity index (χ2v) is 3.23. The van der Waals surface area contributed by atoms with Crippen molar-refractivity contribution in [1.29, 1.82) is 0 Å². The summed E-state index contributed by atoms with van der Waals surface area (Å²) in [5, 5.41) is 0. The van der Waals surface area contributed by atoms with E-state index in [0.29, 0.717) is 0 Å². The van der Waals surface area contributed by atoms with Crippen LogP contribution in [0.15, 0.2) is 0 Å². The van der Waals surface area contributed by atoms with Gasteiger partial charge in [-0.3, -0.25) is 9.69 Å². The van der Waals surface area contributed by atoms with Crippen molar-refractivity contribution >= 4 is 5.91 Å². The van der Waals surface area contributed by atoms with Gasteiger partial charge < -0.3 is 5.73 Å². The Morgan fingerprint density at radius 2 is 2.25 bits per heavy atom. The number of alkyl halides is 2. The van der Waals surface area contributed by atoms with E-state index in [2.05, 4.69) is 0 Å². The standard InChI is InChI=1S/C7H12F2N2O/c1-11-4-7(8,9)3-2-5(11)6(10)12/h5H,2-4H2,1H3,(H2,10,12). The molecule has 12 heavy (non-hydrogen) atoms. The van der Waals surface area contributed by atoms with E-state index in [1.165, 1.54) is 11.9 Å². The van der Waals surface area contributed by atoms with Crippen molar-refractivity contribution < 1.29 is 13.6 Å². The summed E-state index contributed by atoms with van der Waals surface area (Å²) in [6.45, 7) is -0.374. The van der Waals surface area contributed by atoms with Gasteiger partial charge in [0.1, 0.15) is 0 Å². The fourth-order valence-electron chi connectivity index (χ4n) is 1.48. The molecule has 0 aromatic rings. The number of likely N-dealkylation sites (tertiary alicyclic amines) is 1. The summed E-state index contributed by atoms with van der Waals surface area (Å²) in [7, 11) is 1.49. The largest absolute Gasteiger partial charge is 0.368 e. The van der Waals surface area contributed by atoms with E-state index in [1.807, 2.05) is 0 Å². The van der Waals surface area contributed by atoms with Gasteiger partial charge in [0.2, 0.25) is 5.91 Å². The fourth-order valence-corrected chi connectivity index (χ4v) is 1.48. The minimum Gasteiger partial charge on any atom is -0.368 e. The molecule has 0 saturated carbocycles. The summed E-state index contributed by atoms with van der Waals surface area (Å²) >= 11 is 0. The summed E-state index contributed by atoms with van der Waals surface area (Å²) in [6, 6.07) is -0.523. The Bertz CT molecular complexity index is 196. The van der Waals surface area contributed by atoms with Crippen LogP contribution in [-0.4, -0.2) is 36.4 Å². The van der Waals surface area contributed by atoms with Crippen LogP contribution in [0.1, 0.15) is 12.8 Å². The molecule has 1 atom stereocenters. The maximum absolute atomic E-state index is 12.7. The summed E-state index contributed by atoms with van der Waals surface area (Å²) in [5.74, 6) is -3.19. The van der Waals surface area contributed by atoms with Gasteiger partial charge in [-0.15, -0.1) is 0 Å². The average molecular weight is 178 g/mol. The van der Waals surface area contributed by atoms with E-state index in [0.717, 1.165) is 0 Å². The zero-order valence-electron chi connectivity index (χ0n) is 6.89. The summed E-state index contributed by atoms with van der Waals surface area (Å²) < 4.78 is 25.4. The molecule has 1 aliphatic heterocycles. The highest BCUT2D eigenvalue weighted by atomic mass is 19.3. The maximum atomic E-state index is 12.7. The third-order valence-corrected chi connectivity index (χ3v) is 2.12. The Kier molecular flexibility index (Phi) is 2.32. The second kappa shape index (κ2) is 2.97. The molecule has 0 aliphatic carbocycles. The Labute approximate surface area is 69.5 Å². The molecule has 1 aliphatic rings. The monoisotopic (exact) mass is 178 g/mol. The second-order valence-electron chi connectivity index (χ2n) is 3.23. The lowest BCUT2D eigenvalue weighted by Crippen LogP contribution is -2.51. The van der Waals surface area contributed by atoms with Crippen LogP contribution in [0.3, 0.4) is 0 Å². The molecule has 1 fully saturated rings. The molecule has 1 amide bonds. The molecule has 0 radical (unpaired) electrons. The molecule has 0 aromatic heterocycles. The van der Waals surface area contributed by atoms with Crippen LogP contribution < -0.4 is 5.73 Å². The van der Waals surface area contributed by atoms with E-state index < -0.39 is 17.9 Å². The van der Waals surface area contributed by atoms with Gasteiger partial charge in [-0.25, -0.2) is 8.78 Å². The number of nitrogens with zero attached hydrogens (tertiary/aromatic N) is 1. The van der Waals surface area contributed by atoms with Gasteiger partial charge in [-0.2, -0.15) is 0 Å². The molecule has 70 valence electrons. The number of hydrogen-bond acceptors (Lipinski definition) is 2. The van der Waals surface area contributed by atoms with Gasteiger partial charge in [0.15, 0.2) is 0 Å². The minimum absolute atomic E-state index is 0.152. The van der Waals surface area contributed by atoms with E-state index in [9.17, 15) is 13.6 Å². The van der Waals surface area contributed by atoms with Crippen LogP contribution >= 0.6 is 0 Å². The van der Waals surface area contributed by atoms with Crippen molar-refractivity contribution in [3.05, 3.63) is 0 Å². The molecule has 1 rings (SSSR count). The normalized spacial score (nSPS) is 30.1. The molecule has 0 aromatic carbocycles. The van der Waals surface area contributed by atoms with Gasteiger partial charge >= 0.3 is 0 Å². The number of hydrogen-bond donors (Lipinski definition) is 1. The van der Waals surface area contributed by atoms with E-state index >= 15 is 0 Å². The molecule has 2 N–H and O–H groups in total. The van der Waals surface area contributed by atoms with Crippen LogP contribution in [0.5, 0.6) is 0 Å². The SMILES string of the molecule is CN1CC(F)(F)CCC1C(N)=O. The number of carbonyl (C=O) groups excluding carboxylic acids is 1. The number of halogens is 2. The summed E-state index contributed by atoms with van der Waals surface area (Å²) in [5.41, 5.74) is 5.02. The molecule has 3 nitrogen and oxygen atoms in total. The number of carbonyl (C=O) groups is 1. The van der Waals surface area contributed by atoms with Gasteiger partial charge in [-0.1, -0.05) is 0 Å². The van der Waals surface area contributed by atoms with E-state index in [1.54, 1.807) is 0 Å². The molecular formula is C7H12F2N2O. The number of likely N-dealkylation sites (N-methyl/N-ethyl adjacent to an activating group) is 1. The number of rotatable bonds is 1. The van der Waals surface area contributed by atoms with Crippen LogP contribution in [0.2, 0.25) is 0 Å². The number of nitrogens with two attached hydrogens (primary N) is 1. The highest BCUT2D eigenvalue weighted by molar-refractivity contribution is 5.79. The minimum atomic E-state index is -2.67. The molecule has 0 bridgehead atoms. The van der Waals surface area contributed by atoms with Gasteiger partial charge in [0.25, 0.3) is 5.92 Å². The molecular weight excluding hydrogens is 166 g/mol. The van der Waals surface area contributed by atoms with Crippen LogP contribution in [0.4, 0.5) is 8.78 Å². The summed E-state index contributed by atoms with van der Waals surface area (Å²) in [4.78, 5) is 12.0. The molecule has 1 unspecified atom stereocenters. The zero-order valence-corrected chi connectivity index (χ0v) is 6.89. The van der Waals surface area contributed by atoms with E-state index in [-0.39, 0.29) is 19.4 Å². The molecule has 0 spiro atoms. The summed E-state index contributed by atoms with van der Waals surface area (Å²) in [6.07, 6.45) is -0.0935. The predicted octanol–water partition coefficient (Wildman–Crippen LogP) is 0.201. The van der Waals surface area contributed by atoms with Crippen molar-refractivity contribution in [3.8, 4) is 0 Å². The van der Waals surface area contributed by atoms with Crippen molar-refractivity contribution in [2.75, 3.05) is 13.6 Å². The van der Waals surface area contributed by atoms with E-state index in [4.69, 9.17) is 5.73 Å². The first kappa shape index (κ1) is 9.38. The van der Waals surface area contributed by atoms with Crippen molar-refractivity contribution in [2.24, 2.45) is 5.73 Å². The quantitative estimate of drug-likeness (QED) is 0.623. The molecule has 1 heterocycles. The lowest BCUT2D eigenvalue weighted by molar-refractivity contribution is -0.130. The Balaban J connectivity index is 2.60. The lowest BCUT2D eigenvalue weighted by Gasteiger charge is -2.34. The number of primary amides is 1. The maximum Gasteiger partial charge on any atom is 0.260 e. The highest BCUT2D eigenvalue weighted by Crippen LogP contribution is 2.28. The Morgan fingerprint density at radius 3 is 2.67 bits per heavy atom. The topological polar surface area (TPSA) is 46.3 Å². The van der Waals surface area contributed by atoms with Crippen molar-refractivity contribution in [1.82, 2.24) is 4.90 Å². The fraction of sp³-hybridized carbons (Fsp3) is 0.857. The first-order valence-electron chi connectivity index (χ1n) is 3.80. The highest BCUT2D eigenvalue weighted by Gasteiger charge is 2.40. The van der Waals surface area contributed by atoms with Crippen LogP contribution in [0, 0.1) is 0 Å². The third-order valence-electron chi connectivity index (χ3n) is 2.12. The van der Waals surface area contributed by atoms with Gasteiger partial charge in [0.05, 0.1) is 12.6 Å². The van der Waals surface area contributed by atoms with Crippen molar-refractivity contribution in [2.45, 2.75) is 24.8 Å². The van der Waals surface area contributed by atoms with Crippen LogP contribution in [-0.2, 0) is 4.79 Å². The molecule has 5 heteroatoms. The first-order valence-corrected chi connectivity index (χ1v) is 3.80. The average Bonchev–Trinajstić information content (AvgIpc) is 1.83.